The summed E-state index contributed by atoms with van der Waals surface area (Å²) in [6.45, 7) is 5.36. The van der Waals surface area contributed by atoms with Gasteiger partial charge in [0, 0.05) is 39.3 Å². The lowest BCUT2D eigenvalue weighted by Crippen LogP contribution is -2.53. The Morgan fingerprint density at radius 3 is 2.38 bits per heavy atom. The zero-order chi connectivity index (χ0) is 15.9. The maximum absolute atomic E-state index is 11.9. The van der Waals surface area contributed by atoms with E-state index in [-0.39, 0.29) is 12.6 Å². The minimum absolute atomic E-state index is 0.143. The SMILES string of the molecule is CCC(C(N)=S)N1CCN(CCCOCC(F)(F)F)CC1. The third-order valence-electron chi connectivity index (χ3n) is 3.59. The third kappa shape index (κ3) is 7.39. The molecule has 1 atom stereocenters. The van der Waals surface area contributed by atoms with Gasteiger partial charge in [-0.1, -0.05) is 19.1 Å². The summed E-state index contributed by atoms with van der Waals surface area (Å²) >= 11 is 5.07. The number of piperazine rings is 1. The van der Waals surface area contributed by atoms with E-state index in [1.807, 2.05) is 0 Å². The summed E-state index contributed by atoms with van der Waals surface area (Å²) in [5.41, 5.74) is 5.73. The van der Waals surface area contributed by atoms with Gasteiger partial charge in [-0.2, -0.15) is 13.2 Å². The zero-order valence-electron chi connectivity index (χ0n) is 12.4. The number of nitrogens with two attached hydrogens (primary N) is 1. The molecule has 1 fully saturated rings. The Balaban J connectivity index is 2.15. The minimum Gasteiger partial charge on any atom is -0.392 e. The van der Waals surface area contributed by atoms with E-state index in [4.69, 9.17) is 18.0 Å². The molecule has 4 nitrogen and oxygen atoms in total. The molecular weight excluding hydrogens is 303 g/mol. The van der Waals surface area contributed by atoms with Crippen molar-refractivity contribution in [3.63, 3.8) is 0 Å². The Bertz CT molecular complexity index is 320. The van der Waals surface area contributed by atoms with Gasteiger partial charge >= 0.3 is 6.18 Å². The molecule has 21 heavy (non-hydrogen) atoms. The molecule has 0 aromatic carbocycles. The third-order valence-corrected chi connectivity index (χ3v) is 3.86. The second kappa shape index (κ2) is 8.87. The molecule has 1 aliphatic heterocycles. The van der Waals surface area contributed by atoms with E-state index in [0.29, 0.717) is 11.4 Å². The molecule has 0 spiro atoms. The van der Waals surface area contributed by atoms with Crippen molar-refractivity contribution in [2.24, 2.45) is 5.73 Å². The molecule has 0 saturated carbocycles. The number of hydrogen-bond donors (Lipinski definition) is 1. The topological polar surface area (TPSA) is 41.7 Å². The van der Waals surface area contributed by atoms with E-state index in [2.05, 4.69) is 21.5 Å². The van der Waals surface area contributed by atoms with Crippen molar-refractivity contribution < 1.29 is 17.9 Å². The largest absolute Gasteiger partial charge is 0.411 e. The van der Waals surface area contributed by atoms with Gasteiger partial charge in [0.05, 0.1) is 11.0 Å². The Labute approximate surface area is 129 Å². The van der Waals surface area contributed by atoms with Crippen molar-refractivity contribution in [2.75, 3.05) is 45.9 Å². The first-order valence-electron chi connectivity index (χ1n) is 7.23. The lowest BCUT2D eigenvalue weighted by molar-refractivity contribution is -0.174. The standard InChI is InChI=1S/C13H24F3N3OS/c1-2-11(12(17)21)19-7-5-18(6-8-19)4-3-9-20-10-13(14,15)16/h11H,2-10H2,1H3,(H2,17,21). The Hall–Kier alpha value is -0.440. The molecule has 0 aromatic heterocycles. The average Bonchev–Trinajstić information content (AvgIpc) is 2.39. The highest BCUT2D eigenvalue weighted by Gasteiger charge is 2.27. The molecule has 0 aromatic rings. The molecule has 124 valence electrons. The number of ether oxygens (including phenoxy) is 1. The fourth-order valence-electron chi connectivity index (χ4n) is 2.52. The molecule has 1 saturated heterocycles. The van der Waals surface area contributed by atoms with Crippen LogP contribution < -0.4 is 5.73 Å². The second-order valence-corrected chi connectivity index (χ2v) is 5.70. The molecule has 2 N–H and O–H groups in total. The monoisotopic (exact) mass is 327 g/mol. The van der Waals surface area contributed by atoms with Crippen molar-refractivity contribution in [3.05, 3.63) is 0 Å². The van der Waals surface area contributed by atoms with Crippen LogP contribution in [-0.4, -0.2) is 72.9 Å². The molecule has 1 rings (SSSR count). The summed E-state index contributed by atoms with van der Waals surface area (Å²) in [6, 6.07) is 0.150. The van der Waals surface area contributed by atoms with E-state index >= 15 is 0 Å². The predicted molar refractivity (Wildman–Crippen MR) is 80.4 cm³/mol. The summed E-state index contributed by atoms with van der Waals surface area (Å²) < 4.78 is 40.3. The van der Waals surface area contributed by atoms with Crippen LogP contribution in [0.5, 0.6) is 0 Å². The van der Waals surface area contributed by atoms with Crippen LogP contribution in [0.3, 0.4) is 0 Å². The van der Waals surface area contributed by atoms with Crippen molar-refractivity contribution >= 4 is 17.2 Å². The molecule has 0 amide bonds. The lowest BCUT2D eigenvalue weighted by atomic mass is 10.1. The fraction of sp³-hybridized carbons (Fsp3) is 0.923. The number of halogens is 3. The van der Waals surface area contributed by atoms with Crippen molar-refractivity contribution in [1.29, 1.82) is 0 Å². The van der Waals surface area contributed by atoms with Crippen LogP contribution in [0.2, 0.25) is 0 Å². The number of nitrogens with zero attached hydrogens (tertiary/aromatic N) is 2. The van der Waals surface area contributed by atoms with Crippen LogP contribution >= 0.6 is 12.2 Å². The first-order chi connectivity index (χ1) is 9.83. The van der Waals surface area contributed by atoms with Crippen LogP contribution in [0.1, 0.15) is 19.8 Å². The molecule has 1 heterocycles. The minimum atomic E-state index is -4.23. The summed E-state index contributed by atoms with van der Waals surface area (Å²) in [6.07, 6.45) is -2.72. The van der Waals surface area contributed by atoms with Crippen molar-refractivity contribution in [3.8, 4) is 0 Å². The van der Waals surface area contributed by atoms with Gasteiger partial charge in [-0.3, -0.25) is 4.90 Å². The second-order valence-electron chi connectivity index (χ2n) is 5.23. The van der Waals surface area contributed by atoms with Gasteiger partial charge in [0.1, 0.15) is 6.61 Å². The van der Waals surface area contributed by atoms with Gasteiger partial charge in [0.25, 0.3) is 0 Å². The van der Waals surface area contributed by atoms with E-state index in [1.165, 1.54) is 0 Å². The van der Waals surface area contributed by atoms with Gasteiger partial charge in [0.15, 0.2) is 0 Å². The van der Waals surface area contributed by atoms with E-state index < -0.39 is 12.8 Å². The number of alkyl halides is 3. The van der Waals surface area contributed by atoms with Gasteiger partial charge in [-0.15, -0.1) is 0 Å². The van der Waals surface area contributed by atoms with Crippen LogP contribution in [0.15, 0.2) is 0 Å². The summed E-state index contributed by atoms with van der Waals surface area (Å²) in [5, 5.41) is 0. The fourth-order valence-corrected chi connectivity index (χ4v) is 2.83. The van der Waals surface area contributed by atoms with Gasteiger partial charge in [0.2, 0.25) is 0 Å². The molecular formula is C13H24F3N3OS. The molecule has 1 aliphatic rings. The Morgan fingerprint density at radius 2 is 1.90 bits per heavy atom. The van der Waals surface area contributed by atoms with Crippen LogP contribution in [0, 0.1) is 0 Å². The van der Waals surface area contributed by atoms with Gasteiger partial charge in [-0.25, -0.2) is 0 Å². The van der Waals surface area contributed by atoms with E-state index in [0.717, 1.165) is 39.1 Å². The van der Waals surface area contributed by atoms with Crippen LogP contribution in [0.25, 0.3) is 0 Å². The number of rotatable bonds is 8. The predicted octanol–water partition coefficient (Wildman–Crippen LogP) is 1.64. The molecule has 0 radical (unpaired) electrons. The van der Waals surface area contributed by atoms with E-state index in [9.17, 15) is 13.2 Å². The Kier molecular flexibility index (Phi) is 7.86. The first-order valence-corrected chi connectivity index (χ1v) is 7.64. The lowest BCUT2D eigenvalue weighted by Gasteiger charge is -2.38. The number of thiocarbonyl (C=S) groups is 1. The summed E-state index contributed by atoms with van der Waals surface area (Å²) in [5.74, 6) is 0. The molecule has 0 bridgehead atoms. The van der Waals surface area contributed by atoms with Gasteiger partial charge < -0.3 is 15.4 Å². The smallest absolute Gasteiger partial charge is 0.392 e. The van der Waals surface area contributed by atoms with Crippen LogP contribution in [-0.2, 0) is 4.74 Å². The van der Waals surface area contributed by atoms with Crippen molar-refractivity contribution in [2.45, 2.75) is 32.0 Å². The highest BCUT2D eigenvalue weighted by molar-refractivity contribution is 7.80. The average molecular weight is 327 g/mol. The maximum atomic E-state index is 11.9. The van der Waals surface area contributed by atoms with E-state index in [1.54, 1.807) is 0 Å². The normalized spacial score (nSPS) is 19.6. The van der Waals surface area contributed by atoms with Crippen LogP contribution in [0.4, 0.5) is 13.2 Å². The summed E-state index contributed by atoms with van der Waals surface area (Å²) in [7, 11) is 0. The maximum Gasteiger partial charge on any atom is 0.411 e. The highest BCUT2D eigenvalue weighted by atomic mass is 32.1. The zero-order valence-corrected chi connectivity index (χ0v) is 13.2. The quantitative estimate of drug-likeness (QED) is 0.542. The number of hydrogen-bond acceptors (Lipinski definition) is 4. The molecule has 8 heteroatoms. The Morgan fingerprint density at radius 1 is 1.29 bits per heavy atom. The first kappa shape index (κ1) is 18.6. The summed E-state index contributed by atoms with van der Waals surface area (Å²) in [4.78, 5) is 5.05. The molecule has 0 aliphatic carbocycles. The highest BCUT2D eigenvalue weighted by Crippen LogP contribution is 2.14. The molecule has 1 unspecified atom stereocenters. The van der Waals surface area contributed by atoms with Crippen molar-refractivity contribution in [1.82, 2.24) is 9.80 Å². The van der Waals surface area contributed by atoms with Gasteiger partial charge in [-0.05, 0) is 12.8 Å².